The van der Waals surface area contributed by atoms with Crippen LogP contribution >= 0.6 is 0 Å². The van der Waals surface area contributed by atoms with Crippen molar-refractivity contribution in [3.63, 3.8) is 0 Å². The lowest BCUT2D eigenvalue weighted by Crippen LogP contribution is -2.65. The van der Waals surface area contributed by atoms with Crippen LogP contribution in [0, 0.1) is 0 Å². The lowest BCUT2D eigenvalue weighted by Gasteiger charge is -2.48. The fourth-order valence-corrected chi connectivity index (χ4v) is 7.92. The number of nitrogens with zero attached hydrogens (tertiary/aromatic N) is 1. The van der Waals surface area contributed by atoms with Crippen molar-refractivity contribution in [2.75, 3.05) is 11.2 Å². The van der Waals surface area contributed by atoms with E-state index in [1.54, 1.807) is 0 Å². The number of hydrogen-bond donors (Lipinski definition) is 0. The van der Waals surface area contributed by atoms with Gasteiger partial charge < -0.3 is 13.4 Å². The van der Waals surface area contributed by atoms with E-state index in [1.807, 2.05) is 0 Å². The third-order valence-electron chi connectivity index (χ3n) is 3.85. The van der Waals surface area contributed by atoms with Gasteiger partial charge in [0.2, 0.25) is 0 Å². The molecule has 0 aliphatic heterocycles. The summed E-state index contributed by atoms with van der Waals surface area (Å²) >= 11 is 0. The van der Waals surface area contributed by atoms with Gasteiger partial charge in [0.25, 0.3) is 0 Å². The summed E-state index contributed by atoms with van der Waals surface area (Å²) < 4.78 is 15.2. The van der Waals surface area contributed by atoms with Gasteiger partial charge in [-0.2, -0.15) is 0 Å². The molecule has 126 valence electrons. The quantitative estimate of drug-likeness (QED) is 0.690. The van der Waals surface area contributed by atoms with Gasteiger partial charge in [-0.1, -0.05) is 31.3 Å². The van der Waals surface area contributed by atoms with Crippen LogP contribution in [0.2, 0.25) is 19.6 Å². The average Bonchev–Trinajstić information content (AvgIpc) is 2.38. The first kappa shape index (κ1) is 19.4. The maximum absolute atomic E-state index is 6.59. The highest BCUT2D eigenvalue weighted by molar-refractivity contribution is 6.71. The summed E-state index contributed by atoms with van der Waals surface area (Å²) in [6.07, 6.45) is 0. The minimum atomic E-state index is -2.51. The van der Waals surface area contributed by atoms with Crippen LogP contribution in [-0.4, -0.2) is 35.4 Å². The highest BCUT2D eigenvalue weighted by Gasteiger charge is 2.47. The van der Waals surface area contributed by atoms with Gasteiger partial charge in [0, 0.05) is 23.6 Å². The van der Waals surface area contributed by atoms with Gasteiger partial charge >= 0.3 is 8.72 Å². The van der Waals surface area contributed by atoms with Gasteiger partial charge in [0.15, 0.2) is 0 Å². The molecule has 22 heavy (non-hydrogen) atoms. The molecular weight excluding hydrogens is 306 g/mol. The molecule has 0 spiro atoms. The molecule has 0 radical (unpaired) electrons. The Kier molecular flexibility index (Phi) is 6.86. The average molecular weight is 340 g/mol. The number of benzene rings is 1. The fraction of sp³-hybridized carbons (Fsp3) is 0.647. The lowest BCUT2D eigenvalue weighted by atomic mass is 10.1. The van der Waals surface area contributed by atoms with Crippen molar-refractivity contribution in [3.8, 4) is 0 Å². The van der Waals surface area contributed by atoms with E-state index in [9.17, 15) is 0 Å². The molecule has 0 aliphatic rings. The van der Waals surface area contributed by atoms with Crippen LogP contribution in [0.3, 0.4) is 0 Å². The molecule has 1 aromatic rings. The summed E-state index contributed by atoms with van der Waals surface area (Å²) in [7, 11) is -3.39. The third kappa shape index (κ3) is 4.94. The van der Waals surface area contributed by atoms with Crippen LogP contribution in [-0.2, 0) is 8.85 Å². The summed E-state index contributed by atoms with van der Waals surface area (Å²) in [4.78, 5) is 0. The van der Waals surface area contributed by atoms with E-state index >= 15 is 0 Å². The Morgan fingerprint density at radius 3 is 2.14 bits per heavy atom. The predicted molar refractivity (Wildman–Crippen MR) is 101 cm³/mol. The molecule has 1 rings (SSSR count). The molecule has 0 saturated heterocycles. The van der Waals surface area contributed by atoms with E-state index < -0.39 is 17.5 Å². The van der Waals surface area contributed by atoms with E-state index in [4.69, 9.17) is 8.85 Å². The van der Waals surface area contributed by atoms with Crippen LogP contribution in [0.4, 0.5) is 5.69 Å². The van der Waals surface area contributed by atoms with Gasteiger partial charge in [-0.05, 0) is 53.3 Å². The second-order valence-electron chi connectivity index (χ2n) is 7.24. The second kappa shape index (κ2) is 7.77. The molecule has 0 saturated carbocycles. The SMILES string of the molecule is CCO[Si](C)(OC(C)[SiH](C)C)N(c1ccccc1)C(C)(C)C. The molecule has 1 aromatic carbocycles. The molecule has 2 atom stereocenters. The number of rotatable bonds is 7. The molecule has 3 nitrogen and oxygen atoms in total. The topological polar surface area (TPSA) is 21.7 Å². The number of hydrogen-bond acceptors (Lipinski definition) is 3. The summed E-state index contributed by atoms with van der Waals surface area (Å²) in [5, 5.41) is 0. The van der Waals surface area contributed by atoms with E-state index in [1.165, 1.54) is 5.69 Å². The Hall–Kier alpha value is -0.626. The summed E-state index contributed by atoms with van der Waals surface area (Å²) in [6.45, 7) is 18.5. The molecule has 0 N–H and O–H groups in total. The van der Waals surface area contributed by atoms with Crippen molar-refractivity contribution in [1.29, 1.82) is 0 Å². The minimum absolute atomic E-state index is 0.0598. The first-order chi connectivity index (χ1) is 10.1. The van der Waals surface area contributed by atoms with Gasteiger partial charge in [0.1, 0.15) is 0 Å². The monoisotopic (exact) mass is 339 g/mol. The highest BCUT2D eigenvalue weighted by Crippen LogP contribution is 2.32. The Morgan fingerprint density at radius 1 is 1.18 bits per heavy atom. The highest BCUT2D eigenvalue weighted by atomic mass is 28.4. The summed E-state index contributed by atoms with van der Waals surface area (Å²) in [6, 6.07) is 10.5. The van der Waals surface area contributed by atoms with Gasteiger partial charge in [-0.3, -0.25) is 0 Å². The fourth-order valence-electron chi connectivity index (χ4n) is 2.71. The maximum atomic E-state index is 6.59. The summed E-state index contributed by atoms with van der Waals surface area (Å²) in [5.41, 5.74) is 1.42. The van der Waals surface area contributed by atoms with Crippen LogP contribution in [0.15, 0.2) is 30.3 Å². The van der Waals surface area contributed by atoms with E-state index in [0.29, 0.717) is 12.3 Å². The van der Waals surface area contributed by atoms with E-state index in [2.05, 4.69) is 89.2 Å². The van der Waals surface area contributed by atoms with Crippen LogP contribution < -0.4 is 4.57 Å². The molecular formula is C17H33NO2Si2. The van der Waals surface area contributed by atoms with Crippen LogP contribution in [0.25, 0.3) is 0 Å². The zero-order valence-electron chi connectivity index (χ0n) is 15.5. The molecule has 0 heterocycles. The maximum Gasteiger partial charge on any atom is 0.456 e. The molecule has 0 aromatic heterocycles. The van der Waals surface area contributed by atoms with Crippen molar-refractivity contribution >= 4 is 23.2 Å². The van der Waals surface area contributed by atoms with Gasteiger partial charge in [-0.15, -0.1) is 0 Å². The molecule has 0 fully saturated rings. The standard InChI is InChI=1S/C17H33NO2Si2/c1-9-19-22(8,20-15(2)21(6)7)18(17(3,4)5)16-13-11-10-12-14-16/h10-15,21H,9H2,1-8H3. The summed E-state index contributed by atoms with van der Waals surface area (Å²) in [5.74, 6) is 0. The minimum Gasteiger partial charge on any atom is -0.379 e. The van der Waals surface area contributed by atoms with Crippen molar-refractivity contribution in [3.05, 3.63) is 30.3 Å². The molecule has 0 amide bonds. The lowest BCUT2D eigenvalue weighted by molar-refractivity contribution is 0.159. The van der Waals surface area contributed by atoms with Crippen molar-refractivity contribution in [2.24, 2.45) is 0 Å². The number of anilines is 1. The zero-order chi connectivity index (χ0) is 17.0. The predicted octanol–water partition coefficient (Wildman–Crippen LogP) is 4.33. The molecule has 0 bridgehead atoms. The van der Waals surface area contributed by atoms with Crippen molar-refractivity contribution < 1.29 is 8.85 Å². The van der Waals surface area contributed by atoms with Crippen LogP contribution in [0.5, 0.6) is 0 Å². The van der Waals surface area contributed by atoms with Crippen LogP contribution in [0.1, 0.15) is 34.6 Å². The Labute approximate surface area is 139 Å². The Morgan fingerprint density at radius 2 is 1.73 bits per heavy atom. The smallest absolute Gasteiger partial charge is 0.379 e. The van der Waals surface area contributed by atoms with Crippen molar-refractivity contribution in [2.45, 2.75) is 65.5 Å². The second-order valence-corrected chi connectivity index (χ2v) is 13.4. The van der Waals surface area contributed by atoms with Crippen molar-refractivity contribution in [1.82, 2.24) is 0 Å². The largest absolute Gasteiger partial charge is 0.456 e. The zero-order valence-corrected chi connectivity index (χ0v) is 17.7. The molecule has 5 heteroatoms. The normalized spacial score (nSPS) is 16.4. The molecule has 0 aliphatic carbocycles. The van der Waals surface area contributed by atoms with Gasteiger partial charge in [0.05, 0.1) is 8.80 Å². The Balaban J connectivity index is 3.26. The third-order valence-corrected chi connectivity index (χ3v) is 9.51. The van der Waals surface area contributed by atoms with Gasteiger partial charge in [-0.25, -0.2) is 0 Å². The number of para-hydroxylation sites is 1. The van der Waals surface area contributed by atoms with E-state index in [-0.39, 0.29) is 5.54 Å². The molecule has 2 unspecified atom stereocenters. The Bertz CT molecular complexity index is 448. The van der Waals surface area contributed by atoms with E-state index in [0.717, 1.165) is 0 Å². The first-order valence-corrected chi connectivity index (χ1v) is 13.5. The first-order valence-electron chi connectivity index (χ1n) is 8.29.